The Morgan fingerprint density at radius 1 is 1.38 bits per heavy atom. The van der Waals surface area contributed by atoms with E-state index in [1.165, 1.54) is 11.3 Å². The lowest BCUT2D eigenvalue weighted by molar-refractivity contribution is 0.729. The van der Waals surface area contributed by atoms with Crippen molar-refractivity contribution in [2.24, 2.45) is 12.0 Å². The number of nitrogens with one attached hydrogen (secondary N) is 2. The molecule has 0 atom stereocenters. The molecule has 0 aliphatic rings. The molecule has 2 aromatic heterocycles. The summed E-state index contributed by atoms with van der Waals surface area (Å²) in [6.45, 7) is 8.60. The fraction of sp³-hybridized carbons (Fsp3) is 0.562. The third kappa shape index (κ3) is 5.52. The van der Waals surface area contributed by atoms with E-state index in [4.69, 9.17) is 4.99 Å². The highest BCUT2D eigenvalue weighted by Crippen LogP contribution is 2.20. The first-order valence-electron chi connectivity index (χ1n) is 8.15. The number of aliphatic imine (C=N–C) groups is 1. The molecule has 0 saturated heterocycles. The van der Waals surface area contributed by atoms with Crippen LogP contribution in [0.2, 0.25) is 0 Å². The van der Waals surface area contributed by atoms with E-state index in [1.54, 1.807) is 23.1 Å². The van der Waals surface area contributed by atoms with Gasteiger partial charge >= 0.3 is 0 Å². The summed E-state index contributed by atoms with van der Waals surface area (Å²) in [4.78, 5) is 8.97. The lowest BCUT2D eigenvalue weighted by atomic mass is 10.2. The third-order valence-electron chi connectivity index (χ3n) is 3.65. The minimum atomic E-state index is 0.648. The number of thioether (sulfide) groups is 1. The molecule has 0 amide bonds. The average molecular weight is 367 g/mol. The van der Waals surface area contributed by atoms with Gasteiger partial charge in [-0.15, -0.1) is 11.3 Å². The summed E-state index contributed by atoms with van der Waals surface area (Å²) in [6, 6.07) is 0. The molecule has 0 aromatic carbocycles. The van der Waals surface area contributed by atoms with Gasteiger partial charge in [0.05, 0.1) is 12.2 Å². The second kappa shape index (κ2) is 9.68. The molecule has 132 valence electrons. The lowest BCUT2D eigenvalue weighted by Gasteiger charge is -2.11. The monoisotopic (exact) mass is 366 g/mol. The standard InChI is InChI=1S/C16H26N6S2/c1-5-17-15(18-7-6-9-23-16-19-8-10-24-16)20-11-14-12(2)21-22(4)13(14)3/h8,10H,5-7,9,11H2,1-4H3,(H2,17,18,20). The number of aromatic nitrogens is 3. The molecule has 0 spiro atoms. The third-order valence-corrected chi connectivity index (χ3v) is 5.70. The fourth-order valence-corrected chi connectivity index (χ4v) is 3.91. The summed E-state index contributed by atoms with van der Waals surface area (Å²) < 4.78 is 3.05. The van der Waals surface area contributed by atoms with Gasteiger partial charge in [-0.25, -0.2) is 9.98 Å². The van der Waals surface area contributed by atoms with E-state index in [1.807, 2.05) is 30.2 Å². The van der Waals surface area contributed by atoms with Crippen LogP contribution in [0.1, 0.15) is 30.3 Å². The number of guanidine groups is 1. The normalized spacial score (nSPS) is 11.8. The zero-order valence-electron chi connectivity index (χ0n) is 14.8. The molecule has 2 aromatic rings. The minimum absolute atomic E-state index is 0.648. The highest BCUT2D eigenvalue weighted by atomic mass is 32.2. The summed E-state index contributed by atoms with van der Waals surface area (Å²) in [7, 11) is 1.97. The van der Waals surface area contributed by atoms with E-state index in [0.29, 0.717) is 6.54 Å². The predicted octanol–water partition coefficient (Wildman–Crippen LogP) is 2.73. The van der Waals surface area contributed by atoms with E-state index < -0.39 is 0 Å². The second-order valence-corrected chi connectivity index (χ2v) is 7.63. The molecule has 6 nitrogen and oxygen atoms in total. The number of aryl methyl sites for hydroxylation is 2. The molecule has 2 heterocycles. The van der Waals surface area contributed by atoms with Crippen LogP contribution in [0.15, 0.2) is 20.9 Å². The van der Waals surface area contributed by atoms with Crippen LogP contribution in [0.5, 0.6) is 0 Å². The van der Waals surface area contributed by atoms with Gasteiger partial charge < -0.3 is 10.6 Å². The van der Waals surface area contributed by atoms with E-state index >= 15 is 0 Å². The first-order valence-corrected chi connectivity index (χ1v) is 10.0. The van der Waals surface area contributed by atoms with Gasteiger partial charge in [-0.3, -0.25) is 4.68 Å². The van der Waals surface area contributed by atoms with Crippen LogP contribution in [0.4, 0.5) is 0 Å². The maximum Gasteiger partial charge on any atom is 0.191 e. The van der Waals surface area contributed by atoms with Crippen LogP contribution in [-0.4, -0.2) is 39.6 Å². The maximum absolute atomic E-state index is 4.69. The Bertz CT molecular complexity index is 648. The zero-order chi connectivity index (χ0) is 17.4. The summed E-state index contributed by atoms with van der Waals surface area (Å²) in [5, 5.41) is 13.2. The van der Waals surface area contributed by atoms with Crippen molar-refractivity contribution in [2.45, 2.75) is 38.1 Å². The average Bonchev–Trinajstić information content (AvgIpc) is 3.15. The fourth-order valence-electron chi connectivity index (χ4n) is 2.27. The van der Waals surface area contributed by atoms with Gasteiger partial charge in [-0.1, -0.05) is 11.8 Å². The number of hydrogen-bond donors (Lipinski definition) is 2. The molecular formula is C16H26N6S2. The highest BCUT2D eigenvalue weighted by molar-refractivity contribution is 8.00. The molecule has 8 heteroatoms. The number of rotatable bonds is 8. The Hall–Kier alpha value is -1.54. The van der Waals surface area contributed by atoms with Gasteiger partial charge in [0.15, 0.2) is 5.96 Å². The first kappa shape index (κ1) is 18.8. The van der Waals surface area contributed by atoms with Gasteiger partial charge in [0, 0.05) is 48.7 Å². The van der Waals surface area contributed by atoms with Crippen LogP contribution in [-0.2, 0) is 13.6 Å². The Morgan fingerprint density at radius 3 is 2.83 bits per heavy atom. The Labute approximate surface area is 152 Å². The van der Waals surface area contributed by atoms with Crippen molar-refractivity contribution >= 4 is 29.1 Å². The van der Waals surface area contributed by atoms with Crippen LogP contribution < -0.4 is 10.6 Å². The molecule has 2 N–H and O–H groups in total. The first-order chi connectivity index (χ1) is 11.6. The van der Waals surface area contributed by atoms with Crippen LogP contribution >= 0.6 is 23.1 Å². The Kier molecular flexibility index (Phi) is 7.58. The molecular weight excluding hydrogens is 340 g/mol. The van der Waals surface area contributed by atoms with Crippen molar-refractivity contribution in [3.8, 4) is 0 Å². The van der Waals surface area contributed by atoms with Crippen LogP contribution in [0, 0.1) is 13.8 Å². The molecule has 24 heavy (non-hydrogen) atoms. The maximum atomic E-state index is 4.69. The summed E-state index contributed by atoms with van der Waals surface area (Å²) in [6.07, 6.45) is 2.92. The van der Waals surface area contributed by atoms with Crippen molar-refractivity contribution in [1.29, 1.82) is 0 Å². The van der Waals surface area contributed by atoms with Gasteiger partial charge in [0.25, 0.3) is 0 Å². The molecule has 0 aliphatic heterocycles. The summed E-state index contributed by atoms with van der Waals surface area (Å²) in [5.41, 5.74) is 3.43. The molecule has 0 saturated carbocycles. The van der Waals surface area contributed by atoms with Crippen molar-refractivity contribution < 1.29 is 0 Å². The van der Waals surface area contributed by atoms with Gasteiger partial charge in [-0.2, -0.15) is 5.10 Å². The highest BCUT2D eigenvalue weighted by Gasteiger charge is 2.08. The van der Waals surface area contributed by atoms with Gasteiger partial charge in [0.1, 0.15) is 4.34 Å². The van der Waals surface area contributed by atoms with E-state index in [-0.39, 0.29) is 0 Å². The molecule has 0 bridgehead atoms. The number of nitrogens with zero attached hydrogens (tertiary/aromatic N) is 4. The smallest absolute Gasteiger partial charge is 0.191 e. The number of thiazole rings is 1. The van der Waals surface area contributed by atoms with Crippen LogP contribution in [0.3, 0.4) is 0 Å². The van der Waals surface area contributed by atoms with Gasteiger partial charge in [0.2, 0.25) is 0 Å². The van der Waals surface area contributed by atoms with Crippen LogP contribution in [0.25, 0.3) is 0 Å². The summed E-state index contributed by atoms with van der Waals surface area (Å²) in [5.74, 6) is 1.92. The largest absolute Gasteiger partial charge is 0.357 e. The quantitative estimate of drug-likeness (QED) is 0.325. The zero-order valence-corrected chi connectivity index (χ0v) is 16.4. The predicted molar refractivity (Wildman–Crippen MR) is 103 cm³/mol. The van der Waals surface area contributed by atoms with E-state index in [9.17, 15) is 0 Å². The van der Waals surface area contributed by atoms with Crippen molar-refractivity contribution in [1.82, 2.24) is 25.4 Å². The molecule has 2 rings (SSSR count). The van der Waals surface area contributed by atoms with E-state index in [2.05, 4.69) is 34.6 Å². The van der Waals surface area contributed by atoms with Crippen molar-refractivity contribution in [2.75, 3.05) is 18.8 Å². The van der Waals surface area contributed by atoms with Crippen molar-refractivity contribution in [3.63, 3.8) is 0 Å². The Balaban J connectivity index is 1.79. The molecule has 0 fully saturated rings. The number of hydrogen-bond acceptors (Lipinski definition) is 5. The van der Waals surface area contributed by atoms with E-state index in [0.717, 1.165) is 41.3 Å². The SMILES string of the molecule is CCNC(=NCc1c(C)nn(C)c1C)NCCCSc1nccs1. The lowest BCUT2D eigenvalue weighted by Crippen LogP contribution is -2.37. The van der Waals surface area contributed by atoms with Gasteiger partial charge in [-0.05, 0) is 27.2 Å². The summed E-state index contributed by atoms with van der Waals surface area (Å²) >= 11 is 3.50. The molecule has 0 aliphatic carbocycles. The Morgan fingerprint density at radius 2 is 2.21 bits per heavy atom. The second-order valence-electron chi connectivity index (χ2n) is 5.39. The minimum Gasteiger partial charge on any atom is -0.357 e. The van der Waals surface area contributed by atoms with Crippen molar-refractivity contribution in [3.05, 3.63) is 28.5 Å². The molecule has 0 radical (unpaired) electrons. The molecule has 0 unspecified atom stereocenters. The topological polar surface area (TPSA) is 67.1 Å².